The fourth-order valence-electron chi connectivity index (χ4n) is 2.43. The Balaban J connectivity index is 0.000000461. The van der Waals surface area contributed by atoms with Crippen molar-refractivity contribution in [1.29, 1.82) is 0 Å². The summed E-state index contributed by atoms with van der Waals surface area (Å²) < 4.78 is 0. The molecule has 0 aliphatic rings. The van der Waals surface area contributed by atoms with E-state index in [0.29, 0.717) is 0 Å². The minimum atomic E-state index is 1.19. The molecule has 0 saturated carbocycles. The molecule has 0 spiro atoms. The number of benzene rings is 1. The van der Waals surface area contributed by atoms with Crippen LogP contribution in [0, 0.1) is 13.8 Å². The fourth-order valence-corrected chi connectivity index (χ4v) is 2.43. The minimum absolute atomic E-state index is 1.19. The van der Waals surface area contributed by atoms with Crippen LogP contribution in [0.2, 0.25) is 0 Å². The highest BCUT2D eigenvalue weighted by atomic mass is 14.8. The molecule has 22 heavy (non-hydrogen) atoms. The maximum absolute atomic E-state index is 3.19. The normalized spacial score (nSPS) is 10.2. The predicted octanol–water partition coefficient (Wildman–Crippen LogP) is 6.43. The average molecular weight is 306 g/mol. The second-order valence-electron chi connectivity index (χ2n) is 6.44. The van der Waals surface area contributed by atoms with Gasteiger partial charge in [-0.2, -0.15) is 0 Å². The SMILES string of the molecule is CCCCCCCCCCCCNC.Cc1ccc(C)cc1. The molecule has 1 aromatic rings. The van der Waals surface area contributed by atoms with Crippen molar-refractivity contribution in [3.63, 3.8) is 0 Å². The van der Waals surface area contributed by atoms with Crippen molar-refractivity contribution < 1.29 is 0 Å². The van der Waals surface area contributed by atoms with E-state index in [9.17, 15) is 0 Å². The zero-order valence-electron chi connectivity index (χ0n) is 15.6. The molecule has 0 saturated heterocycles. The quantitative estimate of drug-likeness (QED) is 0.464. The molecular weight excluding hydrogens is 266 g/mol. The topological polar surface area (TPSA) is 12.0 Å². The molecule has 0 aliphatic carbocycles. The van der Waals surface area contributed by atoms with Crippen LogP contribution in [0.25, 0.3) is 0 Å². The number of aryl methyl sites for hydroxylation is 2. The van der Waals surface area contributed by atoms with E-state index in [2.05, 4.69) is 50.4 Å². The highest BCUT2D eigenvalue weighted by Gasteiger charge is 1.91. The number of unbranched alkanes of at least 4 members (excludes halogenated alkanes) is 9. The Morgan fingerprint density at radius 2 is 1.00 bits per heavy atom. The van der Waals surface area contributed by atoms with Crippen LogP contribution in [0.15, 0.2) is 24.3 Å². The lowest BCUT2D eigenvalue weighted by Gasteiger charge is -2.01. The highest BCUT2D eigenvalue weighted by molar-refractivity contribution is 5.19. The van der Waals surface area contributed by atoms with Crippen molar-refractivity contribution >= 4 is 0 Å². The molecule has 0 atom stereocenters. The van der Waals surface area contributed by atoms with Gasteiger partial charge in [-0.15, -0.1) is 0 Å². The summed E-state index contributed by atoms with van der Waals surface area (Å²) in [5.74, 6) is 0. The molecule has 1 N–H and O–H groups in total. The summed E-state index contributed by atoms with van der Waals surface area (Å²) >= 11 is 0. The van der Waals surface area contributed by atoms with E-state index in [1.165, 1.54) is 81.9 Å². The lowest BCUT2D eigenvalue weighted by atomic mass is 10.1. The van der Waals surface area contributed by atoms with E-state index in [-0.39, 0.29) is 0 Å². The maximum atomic E-state index is 3.19. The van der Waals surface area contributed by atoms with Crippen molar-refractivity contribution in [3.8, 4) is 0 Å². The summed E-state index contributed by atoms with van der Waals surface area (Å²) in [7, 11) is 2.04. The molecule has 0 fully saturated rings. The Labute approximate surface area is 139 Å². The van der Waals surface area contributed by atoms with E-state index in [4.69, 9.17) is 0 Å². The van der Waals surface area contributed by atoms with Crippen LogP contribution in [-0.2, 0) is 0 Å². The number of nitrogens with one attached hydrogen (secondary N) is 1. The van der Waals surface area contributed by atoms with Gasteiger partial charge in [-0.05, 0) is 33.9 Å². The summed E-state index contributed by atoms with van der Waals surface area (Å²) in [4.78, 5) is 0. The summed E-state index contributed by atoms with van der Waals surface area (Å²) in [6.45, 7) is 7.66. The van der Waals surface area contributed by atoms with Gasteiger partial charge in [-0.3, -0.25) is 0 Å². The van der Waals surface area contributed by atoms with Gasteiger partial charge >= 0.3 is 0 Å². The highest BCUT2D eigenvalue weighted by Crippen LogP contribution is 2.10. The third kappa shape index (κ3) is 15.6. The molecule has 1 nitrogen and oxygen atoms in total. The molecule has 1 heteroatoms. The molecule has 0 bridgehead atoms. The molecule has 0 radical (unpaired) electrons. The molecule has 0 unspecified atom stereocenters. The molecule has 128 valence electrons. The Morgan fingerprint density at radius 1 is 0.636 bits per heavy atom. The first kappa shape index (κ1) is 21.2. The number of rotatable bonds is 11. The Kier molecular flexibility index (Phi) is 15.9. The van der Waals surface area contributed by atoms with E-state index < -0.39 is 0 Å². The Morgan fingerprint density at radius 3 is 1.36 bits per heavy atom. The van der Waals surface area contributed by atoms with Crippen molar-refractivity contribution in [2.45, 2.75) is 85.0 Å². The predicted molar refractivity (Wildman–Crippen MR) is 102 cm³/mol. The standard InChI is InChI=1S/C13H29N.C8H10/c1-3-4-5-6-7-8-9-10-11-12-13-14-2;1-7-3-5-8(2)6-4-7/h14H,3-13H2,1-2H3;3-6H,1-2H3. The van der Waals surface area contributed by atoms with E-state index >= 15 is 0 Å². The van der Waals surface area contributed by atoms with Crippen LogP contribution in [-0.4, -0.2) is 13.6 Å². The van der Waals surface area contributed by atoms with Crippen LogP contribution < -0.4 is 5.32 Å². The average Bonchev–Trinajstić information content (AvgIpc) is 2.53. The van der Waals surface area contributed by atoms with Gasteiger partial charge in [0.15, 0.2) is 0 Å². The lowest BCUT2D eigenvalue weighted by molar-refractivity contribution is 0.551. The van der Waals surface area contributed by atoms with Gasteiger partial charge in [0.1, 0.15) is 0 Å². The first-order valence-electron chi connectivity index (χ1n) is 9.38. The van der Waals surface area contributed by atoms with Gasteiger partial charge in [0, 0.05) is 0 Å². The smallest absolute Gasteiger partial charge is 0.00519 e. The molecule has 1 aromatic carbocycles. The summed E-state index contributed by atoms with van der Waals surface area (Å²) in [6, 6.07) is 8.48. The van der Waals surface area contributed by atoms with Crippen LogP contribution in [0.5, 0.6) is 0 Å². The van der Waals surface area contributed by atoms with Crippen LogP contribution in [0.3, 0.4) is 0 Å². The molecule has 0 heterocycles. The second kappa shape index (κ2) is 16.5. The van der Waals surface area contributed by atoms with Crippen molar-refractivity contribution in [2.24, 2.45) is 0 Å². The third-order valence-corrected chi connectivity index (χ3v) is 4.00. The third-order valence-electron chi connectivity index (χ3n) is 4.00. The summed E-state index contributed by atoms with van der Waals surface area (Å²) in [5.41, 5.74) is 2.66. The molecule has 0 aromatic heterocycles. The van der Waals surface area contributed by atoms with Crippen LogP contribution in [0.1, 0.15) is 82.3 Å². The zero-order chi connectivity index (χ0) is 16.5. The minimum Gasteiger partial charge on any atom is -0.320 e. The van der Waals surface area contributed by atoms with Crippen LogP contribution in [0.4, 0.5) is 0 Å². The molecule has 0 amide bonds. The van der Waals surface area contributed by atoms with E-state index in [1.54, 1.807) is 0 Å². The zero-order valence-corrected chi connectivity index (χ0v) is 15.6. The lowest BCUT2D eigenvalue weighted by Crippen LogP contribution is -2.06. The fraction of sp³-hybridized carbons (Fsp3) is 0.714. The van der Waals surface area contributed by atoms with E-state index in [0.717, 1.165) is 0 Å². The van der Waals surface area contributed by atoms with Gasteiger partial charge in [0.05, 0.1) is 0 Å². The van der Waals surface area contributed by atoms with Gasteiger partial charge in [0.25, 0.3) is 0 Å². The first-order valence-corrected chi connectivity index (χ1v) is 9.38. The van der Waals surface area contributed by atoms with Crippen molar-refractivity contribution in [2.75, 3.05) is 13.6 Å². The molecular formula is C21H39N. The number of hydrogen-bond donors (Lipinski definition) is 1. The van der Waals surface area contributed by atoms with Gasteiger partial charge < -0.3 is 5.32 Å². The molecule has 1 rings (SSSR count). The van der Waals surface area contributed by atoms with Gasteiger partial charge in [-0.1, -0.05) is 100 Å². The summed E-state index contributed by atoms with van der Waals surface area (Å²) in [6.07, 6.45) is 14.3. The van der Waals surface area contributed by atoms with Crippen molar-refractivity contribution in [3.05, 3.63) is 35.4 Å². The van der Waals surface area contributed by atoms with Crippen molar-refractivity contribution in [1.82, 2.24) is 5.32 Å². The molecule has 0 aliphatic heterocycles. The number of hydrogen-bond acceptors (Lipinski definition) is 1. The summed E-state index contributed by atoms with van der Waals surface area (Å²) in [5, 5.41) is 3.19. The monoisotopic (exact) mass is 305 g/mol. The second-order valence-corrected chi connectivity index (χ2v) is 6.44. The first-order chi connectivity index (χ1) is 10.7. The maximum Gasteiger partial charge on any atom is -0.00519 e. The van der Waals surface area contributed by atoms with Gasteiger partial charge in [0.2, 0.25) is 0 Å². The Bertz CT molecular complexity index is 282. The Hall–Kier alpha value is -0.820. The van der Waals surface area contributed by atoms with Crippen LogP contribution >= 0.6 is 0 Å². The largest absolute Gasteiger partial charge is 0.320 e. The van der Waals surface area contributed by atoms with E-state index in [1.807, 2.05) is 7.05 Å². The van der Waals surface area contributed by atoms with Gasteiger partial charge in [-0.25, -0.2) is 0 Å².